The van der Waals surface area contributed by atoms with Crippen LogP contribution in [-0.2, 0) is 26.1 Å². The zero-order chi connectivity index (χ0) is 16.8. The highest BCUT2D eigenvalue weighted by atomic mass is 32.2. The summed E-state index contributed by atoms with van der Waals surface area (Å²) in [6.07, 6.45) is 8.80. The van der Waals surface area contributed by atoms with Crippen molar-refractivity contribution >= 4 is 28.0 Å². The predicted octanol–water partition coefficient (Wildman–Crippen LogP) is 4.48. The van der Waals surface area contributed by atoms with E-state index in [0.717, 1.165) is 64.2 Å². The molecule has 2 N–H and O–H groups in total. The first-order valence-electron chi connectivity index (χ1n) is 7.93. The van der Waals surface area contributed by atoms with Crippen molar-refractivity contribution in [3.05, 3.63) is 0 Å². The maximum Gasteiger partial charge on any atom is 0.488 e. The van der Waals surface area contributed by atoms with Crippen LogP contribution in [0.3, 0.4) is 0 Å². The van der Waals surface area contributed by atoms with Gasteiger partial charge in [-0.2, -0.15) is 7.94 Å². The normalized spacial score (nSPS) is 22.3. The van der Waals surface area contributed by atoms with Crippen LogP contribution in [0, 0.1) is 0 Å². The summed E-state index contributed by atoms with van der Waals surface area (Å²) < 4.78 is 43.7. The fourth-order valence-electron chi connectivity index (χ4n) is 2.86. The first kappa shape index (κ1) is 19.9. The van der Waals surface area contributed by atoms with Crippen molar-refractivity contribution in [1.82, 2.24) is 0 Å². The lowest BCUT2D eigenvalue weighted by atomic mass is 9.98. The van der Waals surface area contributed by atoms with Gasteiger partial charge in [0.05, 0.1) is 12.2 Å². The van der Waals surface area contributed by atoms with E-state index in [1.165, 1.54) is 0 Å². The molecule has 0 amide bonds. The van der Waals surface area contributed by atoms with Gasteiger partial charge in [-0.3, -0.25) is 9.05 Å². The van der Waals surface area contributed by atoms with E-state index < -0.39 is 15.6 Å². The van der Waals surface area contributed by atoms with Crippen molar-refractivity contribution < 1.29 is 35.9 Å². The molecule has 0 aliphatic heterocycles. The summed E-state index contributed by atoms with van der Waals surface area (Å²) in [5.74, 6) is 0. The minimum Gasteiger partial charge on any atom is -0.302 e. The van der Waals surface area contributed by atoms with Gasteiger partial charge in [-0.25, -0.2) is 9.13 Å². The van der Waals surface area contributed by atoms with Crippen LogP contribution in [0.2, 0.25) is 0 Å². The third-order valence-corrected chi connectivity index (χ3v) is 7.02. The van der Waals surface area contributed by atoms with Gasteiger partial charge < -0.3 is 9.79 Å². The van der Waals surface area contributed by atoms with Crippen molar-refractivity contribution in [3.63, 3.8) is 0 Å². The van der Waals surface area contributed by atoms with Gasteiger partial charge in [0.1, 0.15) is 0 Å². The fourth-order valence-corrected chi connectivity index (χ4v) is 5.31. The zero-order valence-electron chi connectivity index (χ0n) is 12.9. The molecule has 2 saturated carbocycles. The van der Waals surface area contributed by atoms with Gasteiger partial charge in [0, 0.05) is 0 Å². The van der Waals surface area contributed by atoms with Crippen LogP contribution in [-0.4, -0.2) is 22.0 Å². The van der Waals surface area contributed by atoms with Crippen LogP contribution < -0.4 is 0 Å². The molecule has 0 heterocycles. The summed E-state index contributed by atoms with van der Waals surface area (Å²) in [6.45, 7) is 0. The summed E-state index contributed by atoms with van der Waals surface area (Å²) in [4.78, 5) is 17.3. The second kappa shape index (κ2) is 9.32. The number of hydrogen-bond donors (Lipinski definition) is 2. The van der Waals surface area contributed by atoms with E-state index in [-0.39, 0.29) is 24.5 Å². The molecule has 0 aromatic heterocycles. The molecular weight excluding hydrogens is 366 g/mol. The molecule has 0 atom stereocenters. The van der Waals surface area contributed by atoms with Crippen molar-refractivity contribution in [2.24, 2.45) is 0 Å². The molecule has 0 unspecified atom stereocenters. The lowest BCUT2D eigenvalue weighted by Crippen LogP contribution is -2.20. The van der Waals surface area contributed by atoms with Crippen LogP contribution in [0.4, 0.5) is 0 Å². The molecule has 0 aromatic rings. The van der Waals surface area contributed by atoms with E-state index in [1.807, 2.05) is 0 Å². The molecule has 2 fully saturated rings. The Balaban J connectivity index is 1.93. The molecular formula is C12H24O8P2S. The standard InChI is InChI=1S/C12H24O8P2S/c13-21(14,15)19-23-20-22(16,17-11-7-3-1-4-8-11)18-12-9-5-2-6-10-12/h11-12H,1-10H2,(H2,13,14,15). The van der Waals surface area contributed by atoms with Crippen LogP contribution in [0.5, 0.6) is 0 Å². The average molecular weight is 390 g/mol. The van der Waals surface area contributed by atoms with Crippen molar-refractivity contribution in [2.75, 3.05) is 0 Å². The molecule has 2 aliphatic rings. The van der Waals surface area contributed by atoms with Gasteiger partial charge >= 0.3 is 15.6 Å². The summed E-state index contributed by atoms with van der Waals surface area (Å²) in [6, 6.07) is 0. The molecule has 2 aliphatic carbocycles. The van der Waals surface area contributed by atoms with E-state index in [1.54, 1.807) is 0 Å². The minimum absolute atomic E-state index is 0.0319. The monoisotopic (exact) mass is 390 g/mol. The summed E-state index contributed by atoms with van der Waals surface area (Å²) in [5, 5.41) is 0. The maximum atomic E-state index is 12.8. The van der Waals surface area contributed by atoms with Gasteiger partial charge in [-0.15, -0.1) is 0 Å². The molecule has 0 spiro atoms. The van der Waals surface area contributed by atoms with E-state index in [4.69, 9.17) is 22.8 Å². The first-order valence-corrected chi connectivity index (χ1v) is 11.6. The van der Waals surface area contributed by atoms with Crippen molar-refractivity contribution in [3.8, 4) is 0 Å². The highest BCUT2D eigenvalue weighted by molar-refractivity contribution is 7.96. The van der Waals surface area contributed by atoms with E-state index in [9.17, 15) is 9.13 Å². The molecule has 0 radical (unpaired) electrons. The van der Waals surface area contributed by atoms with Crippen LogP contribution in [0.15, 0.2) is 0 Å². The molecule has 23 heavy (non-hydrogen) atoms. The molecule has 0 bridgehead atoms. The van der Waals surface area contributed by atoms with Crippen LogP contribution >= 0.6 is 28.0 Å². The zero-order valence-corrected chi connectivity index (χ0v) is 15.5. The smallest absolute Gasteiger partial charge is 0.302 e. The number of hydrogen-bond acceptors (Lipinski definition) is 7. The minimum atomic E-state index is -4.73. The second-order valence-electron chi connectivity index (χ2n) is 5.89. The Morgan fingerprint density at radius 1 is 0.739 bits per heavy atom. The van der Waals surface area contributed by atoms with Crippen molar-refractivity contribution in [2.45, 2.75) is 76.4 Å². The lowest BCUT2D eigenvalue weighted by molar-refractivity contribution is 0.0537. The van der Waals surface area contributed by atoms with Gasteiger partial charge in [0.25, 0.3) is 0 Å². The summed E-state index contributed by atoms with van der Waals surface area (Å²) in [5.41, 5.74) is 0. The predicted molar refractivity (Wildman–Crippen MR) is 85.3 cm³/mol. The molecule has 0 saturated heterocycles. The topological polar surface area (TPSA) is 112 Å². The Kier molecular flexibility index (Phi) is 8.06. The van der Waals surface area contributed by atoms with Gasteiger partial charge in [-0.1, -0.05) is 38.5 Å². The van der Waals surface area contributed by atoms with Gasteiger partial charge in [0.2, 0.25) is 0 Å². The summed E-state index contributed by atoms with van der Waals surface area (Å²) >= 11 is -0.0319. The van der Waals surface area contributed by atoms with Crippen LogP contribution in [0.1, 0.15) is 64.2 Å². The Bertz CT molecular complexity index is 420. The largest absolute Gasteiger partial charge is 0.488 e. The Morgan fingerprint density at radius 3 is 1.57 bits per heavy atom. The Morgan fingerprint density at radius 2 is 1.17 bits per heavy atom. The quantitative estimate of drug-likeness (QED) is 0.457. The Hall–Kier alpha value is 0.570. The first-order chi connectivity index (χ1) is 10.9. The molecule has 2 rings (SSSR count). The summed E-state index contributed by atoms with van der Waals surface area (Å²) in [7, 11) is -8.68. The maximum absolute atomic E-state index is 12.8. The van der Waals surface area contributed by atoms with E-state index >= 15 is 0 Å². The average Bonchev–Trinajstić information content (AvgIpc) is 2.47. The molecule has 8 nitrogen and oxygen atoms in total. The highest BCUT2D eigenvalue weighted by Crippen LogP contribution is 2.58. The number of phosphoric ester groups is 1. The highest BCUT2D eigenvalue weighted by Gasteiger charge is 2.37. The van der Waals surface area contributed by atoms with E-state index in [0.29, 0.717) is 0 Å². The lowest BCUT2D eigenvalue weighted by Gasteiger charge is -2.29. The third-order valence-electron chi connectivity index (χ3n) is 3.91. The fraction of sp³-hybridized carbons (Fsp3) is 1.00. The van der Waals surface area contributed by atoms with Gasteiger partial charge in [-0.05, 0) is 25.7 Å². The molecule has 136 valence electrons. The number of rotatable bonds is 8. The van der Waals surface area contributed by atoms with E-state index in [2.05, 4.69) is 3.97 Å². The number of phosphoric acid groups is 2. The molecule has 11 heteroatoms. The Labute approximate surface area is 140 Å². The van der Waals surface area contributed by atoms with Crippen LogP contribution in [0.25, 0.3) is 0 Å². The second-order valence-corrected chi connectivity index (χ2v) is 9.51. The molecule has 0 aromatic carbocycles. The van der Waals surface area contributed by atoms with Crippen molar-refractivity contribution in [1.29, 1.82) is 0 Å². The van der Waals surface area contributed by atoms with Gasteiger partial charge in [0.15, 0.2) is 12.3 Å². The SMILES string of the molecule is O=P(O)(O)OSOP(=O)(OC1CCCCC1)OC1CCCCC1. The third kappa shape index (κ3) is 7.99.